The van der Waals surface area contributed by atoms with E-state index in [4.69, 9.17) is 20.1 Å². The molecular weight excluding hydrogens is 404 g/mol. The van der Waals surface area contributed by atoms with Crippen LogP contribution >= 0.6 is 0 Å². The molecule has 9 nitrogen and oxygen atoms in total. The summed E-state index contributed by atoms with van der Waals surface area (Å²) < 4.78 is 5.30. The lowest BCUT2D eigenvalue weighted by atomic mass is 9.78. The Morgan fingerprint density at radius 1 is 0.871 bits per heavy atom. The van der Waals surface area contributed by atoms with Gasteiger partial charge in [0.1, 0.15) is 5.60 Å². The normalized spacial score (nSPS) is 20.3. The highest BCUT2D eigenvalue weighted by molar-refractivity contribution is 5.69. The highest BCUT2D eigenvalue weighted by atomic mass is 16.6. The maximum Gasteiger partial charge on any atom is 0.410 e. The van der Waals surface area contributed by atoms with E-state index >= 15 is 0 Å². The smallest absolute Gasteiger partial charge is 0.410 e. The van der Waals surface area contributed by atoms with Crippen LogP contribution in [-0.4, -0.2) is 81.7 Å². The van der Waals surface area contributed by atoms with Gasteiger partial charge in [-0.1, -0.05) is 13.8 Å². The fourth-order valence-electron chi connectivity index (χ4n) is 3.86. The van der Waals surface area contributed by atoms with E-state index in [-0.39, 0.29) is 30.0 Å². The number of piperidine rings is 2. The summed E-state index contributed by atoms with van der Waals surface area (Å²) in [5.74, 6) is -0.775. The van der Waals surface area contributed by atoms with Crippen LogP contribution in [0.4, 0.5) is 9.59 Å². The maximum atomic E-state index is 11.8. The molecule has 0 atom stereocenters. The van der Waals surface area contributed by atoms with E-state index in [9.17, 15) is 14.4 Å². The molecule has 2 saturated heterocycles. The van der Waals surface area contributed by atoms with Crippen molar-refractivity contribution < 1.29 is 34.4 Å². The molecule has 2 amide bonds. The number of carboxylic acid groups (broad SMARTS) is 2. The van der Waals surface area contributed by atoms with Crippen LogP contribution < -0.4 is 0 Å². The van der Waals surface area contributed by atoms with Gasteiger partial charge in [0.25, 0.3) is 0 Å². The van der Waals surface area contributed by atoms with Crippen molar-refractivity contribution in [3.05, 3.63) is 0 Å². The van der Waals surface area contributed by atoms with Crippen LogP contribution in [0.3, 0.4) is 0 Å². The number of rotatable bonds is 4. The molecule has 2 heterocycles. The molecule has 0 saturated carbocycles. The molecule has 0 bridgehead atoms. The maximum absolute atomic E-state index is 11.8. The quantitative estimate of drug-likeness (QED) is 0.604. The molecule has 0 unspecified atom stereocenters. The predicted octanol–water partition coefficient (Wildman–Crippen LogP) is 3.65. The zero-order valence-corrected chi connectivity index (χ0v) is 19.6. The van der Waals surface area contributed by atoms with Crippen LogP contribution in [0.2, 0.25) is 0 Å². The number of aliphatic hydroxyl groups is 1. The van der Waals surface area contributed by atoms with Gasteiger partial charge in [-0.25, -0.2) is 9.59 Å². The van der Waals surface area contributed by atoms with Gasteiger partial charge < -0.3 is 29.9 Å². The van der Waals surface area contributed by atoms with Crippen molar-refractivity contribution in [1.29, 1.82) is 0 Å². The summed E-state index contributed by atoms with van der Waals surface area (Å²) in [5.41, 5.74) is -0.552. The van der Waals surface area contributed by atoms with E-state index in [1.54, 1.807) is 4.90 Å². The van der Waals surface area contributed by atoms with Gasteiger partial charge in [-0.15, -0.1) is 0 Å². The molecule has 0 aromatic carbocycles. The van der Waals surface area contributed by atoms with Gasteiger partial charge >= 0.3 is 18.2 Å². The number of hydrogen-bond donors (Lipinski definition) is 3. The first-order valence-electron chi connectivity index (χ1n) is 11.0. The van der Waals surface area contributed by atoms with Crippen LogP contribution in [-0.2, 0) is 9.53 Å². The van der Waals surface area contributed by atoms with Crippen molar-refractivity contribution in [3.8, 4) is 0 Å². The summed E-state index contributed by atoms with van der Waals surface area (Å²) in [6.07, 6.45) is 2.94. The van der Waals surface area contributed by atoms with Gasteiger partial charge in [0.05, 0.1) is 6.42 Å². The Hall–Kier alpha value is -2.03. The Kier molecular flexibility index (Phi) is 9.60. The zero-order chi connectivity index (χ0) is 23.9. The summed E-state index contributed by atoms with van der Waals surface area (Å²) in [4.78, 5) is 36.3. The van der Waals surface area contributed by atoms with Crippen LogP contribution in [0.15, 0.2) is 0 Å². The lowest BCUT2D eigenvalue weighted by Gasteiger charge is -2.38. The van der Waals surface area contributed by atoms with Crippen LogP contribution in [0, 0.1) is 10.8 Å². The Morgan fingerprint density at radius 3 is 1.71 bits per heavy atom. The second-order valence-corrected chi connectivity index (χ2v) is 10.4. The second-order valence-electron chi connectivity index (χ2n) is 10.4. The molecule has 0 radical (unpaired) electrons. The third kappa shape index (κ3) is 9.76. The Labute approximate surface area is 185 Å². The standard InChI is InChI=1S/C13H23NO4.C9H17NO3/c1-12(2,3)18-11(17)14-7-5-13(4,6-8-14)9-10(15)16;1-9(4-7-11)2-5-10(6-3-9)8(12)13/h5-9H2,1-4H3,(H,15,16);11H,2-7H2,1H3,(H,12,13). The number of carbonyl (C=O) groups excluding carboxylic acids is 1. The lowest BCUT2D eigenvalue weighted by molar-refractivity contribution is -0.140. The first kappa shape index (κ1) is 27.0. The van der Waals surface area contributed by atoms with Crippen LogP contribution in [0.25, 0.3) is 0 Å². The first-order valence-corrected chi connectivity index (χ1v) is 11.0. The highest BCUT2D eigenvalue weighted by Gasteiger charge is 2.35. The van der Waals surface area contributed by atoms with Crippen LogP contribution in [0.5, 0.6) is 0 Å². The summed E-state index contributed by atoms with van der Waals surface area (Å²) in [6, 6.07) is 0. The number of aliphatic carboxylic acids is 1. The minimum atomic E-state index is -0.828. The molecule has 9 heteroatoms. The Balaban J connectivity index is 0.000000327. The van der Waals surface area contributed by atoms with Gasteiger partial charge in [0.2, 0.25) is 0 Å². The van der Waals surface area contributed by atoms with E-state index in [2.05, 4.69) is 6.92 Å². The highest BCUT2D eigenvalue weighted by Crippen LogP contribution is 2.35. The summed E-state index contributed by atoms with van der Waals surface area (Å²) in [6.45, 7) is 12.1. The second kappa shape index (κ2) is 11.0. The molecule has 31 heavy (non-hydrogen) atoms. The van der Waals surface area contributed by atoms with E-state index < -0.39 is 17.7 Å². The van der Waals surface area contributed by atoms with Crippen molar-refractivity contribution in [2.75, 3.05) is 32.8 Å². The fourth-order valence-corrected chi connectivity index (χ4v) is 3.86. The predicted molar refractivity (Wildman–Crippen MR) is 116 cm³/mol. The van der Waals surface area contributed by atoms with E-state index in [0.717, 1.165) is 19.3 Å². The molecule has 0 aromatic rings. The number of hydrogen-bond acceptors (Lipinski definition) is 5. The third-order valence-corrected chi connectivity index (χ3v) is 6.16. The molecule has 2 aliphatic heterocycles. The largest absolute Gasteiger partial charge is 0.481 e. The van der Waals surface area contributed by atoms with E-state index in [1.807, 2.05) is 27.7 Å². The lowest BCUT2D eigenvalue weighted by Crippen LogP contribution is -2.44. The molecule has 2 fully saturated rings. The number of nitrogens with zero attached hydrogens (tertiary/aromatic N) is 2. The number of aliphatic hydroxyl groups excluding tert-OH is 1. The number of likely N-dealkylation sites (tertiary alicyclic amines) is 2. The van der Waals surface area contributed by atoms with Crippen molar-refractivity contribution in [2.45, 2.75) is 78.7 Å². The molecule has 0 aliphatic carbocycles. The first-order chi connectivity index (χ1) is 14.2. The minimum Gasteiger partial charge on any atom is -0.481 e. The number of ether oxygens (including phenoxy) is 1. The van der Waals surface area contributed by atoms with Crippen molar-refractivity contribution in [3.63, 3.8) is 0 Å². The molecule has 3 N–H and O–H groups in total. The summed E-state index contributed by atoms with van der Waals surface area (Å²) in [7, 11) is 0. The molecule has 2 rings (SSSR count). The topological polar surface area (TPSA) is 128 Å². The molecule has 0 aromatic heterocycles. The van der Waals surface area contributed by atoms with E-state index in [1.165, 1.54) is 4.90 Å². The monoisotopic (exact) mass is 444 g/mol. The van der Waals surface area contributed by atoms with Gasteiger partial charge in [-0.2, -0.15) is 0 Å². The van der Waals surface area contributed by atoms with E-state index in [0.29, 0.717) is 39.0 Å². The average Bonchev–Trinajstić information content (AvgIpc) is 2.60. The number of amides is 2. The average molecular weight is 445 g/mol. The summed E-state index contributed by atoms with van der Waals surface area (Å²) >= 11 is 0. The van der Waals surface area contributed by atoms with Gasteiger partial charge in [-0.3, -0.25) is 4.79 Å². The minimum absolute atomic E-state index is 0.140. The third-order valence-electron chi connectivity index (χ3n) is 6.16. The van der Waals surface area contributed by atoms with Crippen molar-refractivity contribution >= 4 is 18.2 Å². The molecular formula is C22H40N2O7. The summed E-state index contributed by atoms with van der Waals surface area (Å²) in [5, 5.41) is 26.4. The van der Waals surface area contributed by atoms with Crippen LogP contribution in [0.1, 0.15) is 73.1 Å². The van der Waals surface area contributed by atoms with Gasteiger partial charge in [-0.05, 0) is 63.7 Å². The van der Waals surface area contributed by atoms with Crippen molar-refractivity contribution in [2.24, 2.45) is 10.8 Å². The number of carboxylic acids is 1. The van der Waals surface area contributed by atoms with Gasteiger partial charge in [0, 0.05) is 32.8 Å². The molecule has 180 valence electrons. The fraction of sp³-hybridized carbons (Fsp3) is 0.864. The Morgan fingerprint density at radius 2 is 1.32 bits per heavy atom. The van der Waals surface area contributed by atoms with Gasteiger partial charge in [0.15, 0.2) is 0 Å². The molecule has 2 aliphatic rings. The van der Waals surface area contributed by atoms with Crippen molar-refractivity contribution in [1.82, 2.24) is 9.80 Å². The SMILES string of the molecule is CC1(CC(=O)O)CCN(C(=O)OC(C)(C)C)CC1.CC1(CCO)CCN(C(=O)O)CC1. The Bertz CT molecular complexity index is 614. The number of carbonyl (C=O) groups is 3. The zero-order valence-electron chi connectivity index (χ0n) is 19.6. The molecule has 0 spiro atoms.